The highest BCUT2D eigenvalue weighted by molar-refractivity contribution is 6.36. The normalized spacial score (nSPS) is 18.6. The molecule has 0 aromatic heterocycles. The average molecular weight is 363 g/mol. The van der Waals surface area contributed by atoms with Crippen LogP contribution in [0.2, 0.25) is 10.0 Å². The van der Waals surface area contributed by atoms with Gasteiger partial charge in [-0.3, -0.25) is 9.69 Å². The third-order valence-electron chi connectivity index (χ3n) is 4.44. The van der Waals surface area contributed by atoms with Gasteiger partial charge in [0.05, 0.1) is 10.6 Å². The molecule has 2 aromatic rings. The van der Waals surface area contributed by atoms with Crippen molar-refractivity contribution in [1.82, 2.24) is 9.80 Å². The zero-order valence-electron chi connectivity index (χ0n) is 13.6. The Balaban J connectivity index is 1.65. The van der Waals surface area contributed by atoms with Gasteiger partial charge in [-0.2, -0.15) is 0 Å². The second-order valence-electron chi connectivity index (χ2n) is 6.18. The summed E-state index contributed by atoms with van der Waals surface area (Å²) in [6, 6.07) is 15.7. The highest BCUT2D eigenvalue weighted by atomic mass is 35.5. The molecule has 1 aliphatic heterocycles. The Hall–Kier alpha value is -1.55. The molecule has 3 nitrogen and oxygen atoms in total. The van der Waals surface area contributed by atoms with Crippen LogP contribution < -0.4 is 0 Å². The van der Waals surface area contributed by atoms with E-state index < -0.39 is 0 Å². The molecule has 1 aliphatic rings. The smallest absolute Gasteiger partial charge is 0.255 e. The highest BCUT2D eigenvalue weighted by Crippen LogP contribution is 2.24. The topological polar surface area (TPSA) is 23.6 Å². The van der Waals surface area contributed by atoms with Crippen LogP contribution in [0.15, 0.2) is 48.5 Å². The molecule has 1 heterocycles. The van der Waals surface area contributed by atoms with Gasteiger partial charge in [0.1, 0.15) is 0 Å². The van der Waals surface area contributed by atoms with E-state index in [9.17, 15) is 4.79 Å². The number of rotatable bonds is 3. The first-order valence-electron chi connectivity index (χ1n) is 8.07. The second kappa shape index (κ2) is 7.56. The van der Waals surface area contributed by atoms with E-state index in [0.29, 0.717) is 34.7 Å². The van der Waals surface area contributed by atoms with Crippen molar-refractivity contribution >= 4 is 29.1 Å². The van der Waals surface area contributed by atoms with Gasteiger partial charge in [-0.15, -0.1) is 0 Å². The number of amides is 1. The zero-order valence-corrected chi connectivity index (χ0v) is 15.1. The van der Waals surface area contributed by atoms with Crippen LogP contribution in [0.4, 0.5) is 0 Å². The van der Waals surface area contributed by atoms with E-state index in [1.807, 2.05) is 11.0 Å². The van der Waals surface area contributed by atoms with Gasteiger partial charge in [0.25, 0.3) is 5.91 Å². The predicted octanol–water partition coefficient (Wildman–Crippen LogP) is 4.34. The van der Waals surface area contributed by atoms with Gasteiger partial charge in [0.15, 0.2) is 0 Å². The maximum absolute atomic E-state index is 12.7. The molecule has 1 unspecified atom stereocenters. The molecule has 0 N–H and O–H groups in total. The van der Waals surface area contributed by atoms with Crippen LogP contribution >= 0.6 is 23.2 Å². The monoisotopic (exact) mass is 362 g/mol. The average Bonchev–Trinajstić information content (AvgIpc) is 2.57. The van der Waals surface area contributed by atoms with Crippen LogP contribution in [0.3, 0.4) is 0 Å². The van der Waals surface area contributed by atoms with Crippen LogP contribution in [0.5, 0.6) is 0 Å². The van der Waals surface area contributed by atoms with Crippen molar-refractivity contribution in [2.24, 2.45) is 0 Å². The van der Waals surface area contributed by atoms with Crippen LogP contribution in [0.25, 0.3) is 0 Å². The number of hydrogen-bond donors (Lipinski definition) is 0. The summed E-state index contributed by atoms with van der Waals surface area (Å²) >= 11 is 12.1. The van der Waals surface area contributed by atoms with Gasteiger partial charge in [-0.05, 0) is 30.7 Å². The Morgan fingerprint density at radius 2 is 1.88 bits per heavy atom. The van der Waals surface area contributed by atoms with E-state index in [1.54, 1.807) is 18.2 Å². The van der Waals surface area contributed by atoms with E-state index in [0.717, 1.165) is 13.1 Å². The Bertz CT molecular complexity index is 721. The molecule has 3 rings (SSSR count). The summed E-state index contributed by atoms with van der Waals surface area (Å²) in [4.78, 5) is 17.0. The number of carbonyl (C=O) groups is 1. The summed E-state index contributed by atoms with van der Waals surface area (Å²) in [6.45, 7) is 5.32. The fourth-order valence-corrected chi connectivity index (χ4v) is 3.56. The highest BCUT2D eigenvalue weighted by Gasteiger charge is 2.28. The standard InChI is InChI=1S/C19H20Cl2N2O/c1-14-12-23(19(24)17-8-7-16(20)11-18(17)21)10-9-22(14)13-15-5-3-2-4-6-15/h2-8,11,14H,9-10,12-13H2,1H3. The molecule has 5 heteroatoms. The van der Waals surface area contributed by atoms with Crippen LogP contribution in [-0.4, -0.2) is 41.4 Å². The van der Waals surface area contributed by atoms with Gasteiger partial charge >= 0.3 is 0 Å². The third-order valence-corrected chi connectivity index (χ3v) is 4.99. The molecule has 1 saturated heterocycles. The number of carbonyl (C=O) groups excluding carboxylic acids is 1. The number of nitrogens with zero attached hydrogens (tertiary/aromatic N) is 2. The van der Waals surface area contributed by atoms with Crippen molar-refractivity contribution in [2.45, 2.75) is 19.5 Å². The summed E-state index contributed by atoms with van der Waals surface area (Å²) < 4.78 is 0. The summed E-state index contributed by atoms with van der Waals surface area (Å²) in [6.07, 6.45) is 0. The molecular formula is C19H20Cl2N2O. The lowest BCUT2D eigenvalue weighted by atomic mass is 10.1. The summed E-state index contributed by atoms with van der Waals surface area (Å²) in [5.41, 5.74) is 1.81. The second-order valence-corrected chi connectivity index (χ2v) is 7.02. The van der Waals surface area contributed by atoms with Crippen LogP contribution in [0, 0.1) is 0 Å². The summed E-state index contributed by atoms with van der Waals surface area (Å²) in [7, 11) is 0. The van der Waals surface area contributed by atoms with E-state index >= 15 is 0 Å². The van der Waals surface area contributed by atoms with Crippen molar-refractivity contribution in [3.8, 4) is 0 Å². The van der Waals surface area contributed by atoms with Crippen molar-refractivity contribution in [3.05, 3.63) is 69.7 Å². The molecule has 0 aliphatic carbocycles. The number of piperazine rings is 1. The molecule has 0 spiro atoms. The Morgan fingerprint density at radius 3 is 2.54 bits per heavy atom. The zero-order chi connectivity index (χ0) is 17.1. The lowest BCUT2D eigenvalue weighted by molar-refractivity contribution is 0.0495. The van der Waals surface area contributed by atoms with E-state index in [-0.39, 0.29) is 5.91 Å². The Labute approximate surface area is 152 Å². The minimum atomic E-state index is -0.0251. The van der Waals surface area contributed by atoms with Crippen molar-refractivity contribution in [3.63, 3.8) is 0 Å². The fraction of sp³-hybridized carbons (Fsp3) is 0.316. The predicted molar refractivity (Wildman–Crippen MR) is 98.7 cm³/mol. The largest absolute Gasteiger partial charge is 0.336 e. The maximum Gasteiger partial charge on any atom is 0.255 e. The number of halogens is 2. The van der Waals surface area contributed by atoms with E-state index in [4.69, 9.17) is 23.2 Å². The molecule has 24 heavy (non-hydrogen) atoms. The first kappa shape index (κ1) is 17.3. The van der Waals surface area contributed by atoms with Gasteiger partial charge in [0, 0.05) is 37.2 Å². The van der Waals surface area contributed by atoms with Crippen molar-refractivity contribution in [1.29, 1.82) is 0 Å². The quantitative estimate of drug-likeness (QED) is 0.810. The molecule has 126 valence electrons. The summed E-state index contributed by atoms with van der Waals surface area (Å²) in [5, 5.41) is 0.949. The molecule has 1 atom stereocenters. The van der Waals surface area contributed by atoms with Crippen LogP contribution in [-0.2, 0) is 6.54 Å². The first-order valence-corrected chi connectivity index (χ1v) is 8.82. The van der Waals surface area contributed by atoms with Gasteiger partial charge in [-0.25, -0.2) is 0 Å². The first-order chi connectivity index (χ1) is 11.5. The lowest BCUT2D eigenvalue weighted by Crippen LogP contribution is -2.53. The maximum atomic E-state index is 12.7. The van der Waals surface area contributed by atoms with Gasteiger partial charge < -0.3 is 4.90 Å². The lowest BCUT2D eigenvalue weighted by Gasteiger charge is -2.40. The fourth-order valence-electron chi connectivity index (χ4n) is 3.07. The molecule has 2 aromatic carbocycles. The number of hydrogen-bond acceptors (Lipinski definition) is 2. The molecule has 0 saturated carbocycles. The Morgan fingerprint density at radius 1 is 1.12 bits per heavy atom. The van der Waals surface area contributed by atoms with Gasteiger partial charge in [-0.1, -0.05) is 53.5 Å². The summed E-state index contributed by atoms with van der Waals surface area (Å²) in [5.74, 6) is -0.0251. The van der Waals surface area contributed by atoms with Crippen molar-refractivity contribution < 1.29 is 4.79 Å². The number of benzene rings is 2. The molecular weight excluding hydrogens is 343 g/mol. The SMILES string of the molecule is CC1CN(C(=O)c2ccc(Cl)cc2Cl)CCN1Cc1ccccc1. The van der Waals surface area contributed by atoms with Gasteiger partial charge in [0.2, 0.25) is 0 Å². The third kappa shape index (κ3) is 3.92. The molecule has 1 fully saturated rings. The Kier molecular flexibility index (Phi) is 5.44. The molecule has 0 radical (unpaired) electrons. The van der Waals surface area contributed by atoms with E-state index in [2.05, 4.69) is 36.1 Å². The van der Waals surface area contributed by atoms with Crippen LogP contribution in [0.1, 0.15) is 22.8 Å². The molecule has 0 bridgehead atoms. The minimum Gasteiger partial charge on any atom is -0.336 e. The molecule has 1 amide bonds. The van der Waals surface area contributed by atoms with Crippen molar-refractivity contribution in [2.75, 3.05) is 19.6 Å². The van der Waals surface area contributed by atoms with E-state index in [1.165, 1.54) is 5.56 Å². The minimum absolute atomic E-state index is 0.0251.